The molecule has 1 amide bonds. The van der Waals surface area contributed by atoms with Crippen molar-refractivity contribution in [3.63, 3.8) is 0 Å². The molecule has 0 bridgehead atoms. The van der Waals surface area contributed by atoms with Gasteiger partial charge in [0, 0.05) is 24.3 Å². The standard InChI is InChI=1S/C11H13FN2O2/c12-10-3-2-9(6-8(10)7-13)14-4-1-5-16-11(14)15/h2-3,6H,1,4-5,7,13H2. The number of cyclic esters (lactones) is 1. The van der Waals surface area contributed by atoms with Gasteiger partial charge in [-0.15, -0.1) is 0 Å². The van der Waals surface area contributed by atoms with Gasteiger partial charge >= 0.3 is 6.09 Å². The summed E-state index contributed by atoms with van der Waals surface area (Å²) in [4.78, 5) is 12.9. The Kier molecular flexibility index (Phi) is 3.05. The Balaban J connectivity index is 2.29. The molecule has 4 nitrogen and oxygen atoms in total. The highest BCUT2D eigenvalue weighted by Crippen LogP contribution is 2.21. The molecule has 1 fully saturated rings. The molecule has 1 aromatic rings. The summed E-state index contributed by atoms with van der Waals surface area (Å²) < 4.78 is 18.1. The second kappa shape index (κ2) is 4.49. The first-order valence-corrected chi connectivity index (χ1v) is 5.15. The molecule has 0 radical (unpaired) electrons. The molecule has 1 saturated heterocycles. The van der Waals surface area contributed by atoms with Crippen molar-refractivity contribution in [3.05, 3.63) is 29.6 Å². The second-order valence-corrected chi connectivity index (χ2v) is 3.60. The lowest BCUT2D eigenvalue weighted by Crippen LogP contribution is -2.37. The Labute approximate surface area is 92.8 Å². The average molecular weight is 224 g/mol. The Hall–Kier alpha value is -1.62. The summed E-state index contributed by atoms with van der Waals surface area (Å²) in [6.45, 7) is 1.15. The van der Waals surface area contributed by atoms with Crippen LogP contribution in [0.15, 0.2) is 18.2 Å². The van der Waals surface area contributed by atoms with Crippen molar-refractivity contribution in [3.8, 4) is 0 Å². The quantitative estimate of drug-likeness (QED) is 0.830. The molecule has 1 heterocycles. The summed E-state index contributed by atoms with van der Waals surface area (Å²) in [7, 11) is 0. The first-order valence-electron chi connectivity index (χ1n) is 5.15. The number of halogens is 1. The lowest BCUT2D eigenvalue weighted by molar-refractivity contribution is 0.140. The molecule has 16 heavy (non-hydrogen) atoms. The number of carbonyl (C=O) groups excluding carboxylic acids is 1. The molecule has 1 aromatic carbocycles. The normalized spacial score (nSPS) is 16.1. The lowest BCUT2D eigenvalue weighted by atomic mass is 10.1. The largest absolute Gasteiger partial charge is 0.449 e. The molecule has 5 heteroatoms. The monoisotopic (exact) mass is 224 g/mol. The maximum Gasteiger partial charge on any atom is 0.414 e. The smallest absolute Gasteiger partial charge is 0.414 e. The fraction of sp³-hybridized carbons (Fsp3) is 0.364. The minimum Gasteiger partial charge on any atom is -0.449 e. The third kappa shape index (κ3) is 1.99. The van der Waals surface area contributed by atoms with E-state index in [-0.39, 0.29) is 18.5 Å². The van der Waals surface area contributed by atoms with Crippen molar-refractivity contribution in [2.75, 3.05) is 18.1 Å². The van der Waals surface area contributed by atoms with E-state index in [0.717, 1.165) is 6.42 Å². The van der Waals surface area contributed by atoms with Gasteiger partial charge < -0.3 is 10.5 Å². The van der Waals surface area contributed by atoms with E-state index in [1.54, 1.807) is 12.1 Å². The van der Waals surface area contributed by atoms with Crippen molar-refractivity contribution in [1.29, 1.82) is 0 Å². The third-order valence-electron chi connectivity index (χ3n) is 2.53. The van der Waals surface area contributed by atoms with Gasteiger partial charge in [0.1, 0.15) is 5.82 Å². The summed E-state index contributed by atoms with van der Waals surface area (Å²) in [5.74, 6) is -0.350. The van der Waals surface area contributed by atoms with Crippen molar-refractivity contribution in [1.82, 2.24) is 0 Å². The minimum absolute atomic E-state index is 0.114. The molecular weight excluding hydrogens is 211 g/mol. The van der Waals surface area contributed by atoms with E-state index in [9.17, 15) is 9.18 Å². The fourth-order valence-electron chi connectivity index (χ4n) is 1.67. The van der Waals surface area contributed by atoms with Gasteiger partial charge in [-0.1, -0.05) is 0 Å². The van der Waals surface area contributed by atoms with Gasteiger partial charge in [-0.2, -0.15) is 0 Å². The van der Waals surface area contributed by atoms with E-state index in [0.29, 0.717) is 24.4 Å². The SMILES string of the molecule is NCc1cc(N2CCCOC2=O)ccc1F. The summed E-state index contributed by atoms with van der Waals surface area (Å²) >= 11 is 0. The van der Waals surface area contributed by atoms with Crippen LogP contribution >= 0.6 is 0 Å². The minimum atomic E-state index is -0.388. The molecule has 86 valence electrons. The van der Waals surface area contributed by atoms with Crippen molar-refractivity contribution in [2.45, 2.75) is 13.0 Å². The van der Waals surface area contributed by atoms with E-state index < -0.39 is 0 Å². The number of nitrogens with two attached hydrogens (primary N) is 1. The van der Waals surface area contributed by atoms with Crippen LogP contribution in [0.3, 0.4) is 0 Å². The Morgan fingerprint density at radius 2 is 2.31 bits per heavy atom. The molecule has 0 aliphatic carbocycles. The topological polar surface area (TPSA) is 55.6 Å². The summed E-state index contributed by atoms with van der Waals surface area (Å²) in [5, 5.41) is 0. The van der Waals surface area contributed by atoms with Crippen LogP contribution in [0.4, 0.5) is 14.9 Å². The zero-order chi connectivity index (χ0) is 11.5. The van der Waals surface area contributed by atoms with E-state index in [1.165, 1.54) is 11.0 Å². The summed E-state index contributed by atoms with van der Waals surface area (Å²) in [5.41, 5.74) is 6.44. The van der Waals surface area contributed by atoms with E-state index in [1.807, 2.05) is 0 Å². The number of rotatable bonds is 2. The molecule has 1 aliphatic rings. The predicted molar refractivity (Wildman–Crippen MR) is 57.6 cm³/mol. The van der Waals surface area contributed by atoms with Crippen LogP contribution in [-0.2, 0) is 11.3 Å². The van der Waals surface area contributed by atoms with Gasteiger partial charge in [-0.25, -0.2) is 9.18 Å². The number of nitrogens with zero attached hydrogens (tertiary/aromatic N) is 1. The van der Waals surface area contributed by atoms with Gasteiger partial charge in [0.2, 0.25) is 0 Å². The Morgan fingerprint density at radius 1 is 1.50 bits per heavy atom. The third-order valence-corrected chi connectivity index (χ3v) is 2.53. The van der Waals surface area contributed by atoms with Crippen LogP contribution < -0.4 is 10.6 Å². The first-order chi connectivity index (χ1) is 7.72. The molecule has 0 aromatic heterocycles. The van der Waals surface area contributed by atoms with Crippen LogP contribution in [0.2, 0.25) is 0 Å². The number of hydrogen-bond acceptors (Lipinski definition) is 3. The predicted octanol–water partition coefficient (Wildman–Crippen LogP) is 1.63. The van der Waals surface area contributed by atoms with Gasteiger partial charge in [-0.3, -0.25) is 4.90 Å². The van der Waals surface area contributed by atoms with Crippen molar-refractivity contribution < 1.29 is 13.9 Å². The van der Waals surface area contributed by atoms with Crippen LogP contribution in [0.1, 0.15) is 12.0 Å². The van der Waals surface area contributed by atoms with Crippen LogP contribution in [0, 0.1) is 5.82 Å². The zero-order valence-corrected chi connectivity index (χ0v) is 8.78. The molecule has 0 atom stereocenters. The van der Waals surface area contributed by atoms with Gasteiger partial charge in [0.15, 0.2) is 0 Å². The van der Waals surface area contributed by atoms with Crippen LogP contribution in [-0.4, -0.2) is 19.2 Å². The zero-order valence-electron chi connectivity index (χ0n) is 8.78. The molecule has 2 rings (SSSR count). The maximum atomic E-state index is 13.2. The highest BCUT2D eigenvalue weighted by atomic mass is 19.1. The molecule has 0 spiro atoms. The van der Waals surface area contributed by atoms with E-state index >= 15 is 0 Å². The van der Waals surface area contributed by atoms with Gasteiger partial charge in [-0.05, 0) is 24.6 Å². The lowest BCUT2D eigenvalue weighted by Gasteiger charge is -2.26. The number of carbonyl (C=O) groups is 1. The van der Waals surface area contributed by atoms with Crippen molar-refractivity contribution in [2.24, 2.45) is 5.73 Å². The molecule has 0 saturated carbocycles. The van der Waals surface area contributed by atoms with E-state index in [4.69, 9.17) is 10.5 Å². The van der Waals surface area contributed by atoms with Crippen molar-refractivity contribution >= 4 is 11.8 Å². The van der Waals surface area contributed by atoms with Gasteiger partial charge in [0.05, 0.1) is 6.61 Å². The fourth-order valence-corrected chi connectivity index (χ4v) is 1.67. The highest BCUT2D eigenvalue weighted by Gasteiger charge is 2.21. The van der Waals surface area contributed by atoms with Crippen LogP contribution in [0.25, 0.3) is 0 Å². The Morgan fingerprint density at radius 3 is 3.00 bits per heavy atom. The highest BCUT2D eigenvalue weighted by molar-refractivity contribution is 5.88. The number of ether oxygens (including phenoxy) is 1. The molecular formula is C11H13FN2O2. The summed E-state index contributed by atoms with van der Waals surface area (Å²) in [6, 6.07) is 4.46. The van der Waals surface area contributed by atoms with Crippen LogP contribution in [0.5, 0.6) is 0 Å². The molecule has 1 aliphatic heterocycles. The summed E-state index contributed by atoms with van der Waals surface area (Å²) in [6.07, 6.45) is 0.391. The number of benzene rings is 1. The number of anilines is 1. The first kappa shape index (κ1) is 10.9. The molecule has 2 N–H and O–H groups in total. The molecule has 0 unspecified atom stereocenters. The number of hydrogen-bond donors (Lipinski definition) is 1. The Bertz CT molecular complexity index is 409. The average Bonchev–Trinajstić information content (AvgIpc) is 2.31. The second-order valence-electron chi connectivity index (χ2n) is 3.60. The number of amides is 1. The maximum absolute atomic E-state index is 13.2. The van der Waals surface area contributed by atoms with E-state index in [2.05, 4.69) is 0 Å². The van der Waals surface area contributed by atoms with Gasteiger partial charge in [0.25, 0.3) is 0 Å².